The summed E-state index contributed by atoms with van der Waals surface area (Å²) in [6, 6.07) is 0. The fraction of sp³-hybridized carbons (Fsp3) is 0.455. The summed E-state index contributed by atoms with van der Waals surface area (Å²) >= 11 is 0. The molecule has 8 nitrogen and oxygen atoms in total. The molecule has 0 atom stereocenters. The first-order valence-corrected chi connectivity index (χ1v) is 5.29. The average molecular weight is 267 g/mol. The Morgan fingerprint density at radius 1 is 1.42 bits per heavy atom. The number of hydrogen-bond donors (Lipinski definition) is 0. The van der Waals surface area contributed by atoms with Crippen LogP contribution >= 0.6 is 0 Å². The first-order valence-electron chi connectivity index (χ1n) is 5.29. The second-order valence-electron chi connectivity index (χ2n) is 3.27. The lowest BCUT2D eigenvalue weighted by Crippen LogP contribution is -2.16. The van der Waals surface area contributed by atoms with Crippen molar-refractivity contribution in [1.29, 1.82) is 0 Å². The molecule has 0 spiro atoms. The highest BCUT2D eigenvalue weighted by Crippen LogP contribution is 2.00. The maximum absolute atomic E-state index is 11.4. The van der Waals surface area contributed by atoms with E-state index in [0.29, 0.717) is 0 Å². The number of terminal acetylenes is 1. The van der Waals surface area contributed by atoms with Gasteiger partial charge in [0.1, 0.15) is 13.3 Å². The highest BCUT2D eigenvalue weighted by molar-refractivity contribution is 5.85. The molecule has 1 aromatic rings. The maximum atomic E-state index is 11.4. The van der Waals surface area contributed by atoms with Gasteiger partial charge in [-0.15, -0.1) is 11.5 Å². The number of rotatable bonds is 6. The van der Waals surface area contributed by atoms with Gasteiger partial charge in [0.05, 0.1) is 13.7 Å². The van der Waals surface area contributed by atoms with Crippen LogP contribution in [-0.4, -0.2) is 47.0 Å². The van der Waals surface area contributed by atoms with E-state index in [1.54, 1.807) is 0 Å². The summed E-state index contributed by atoms with van der Waals surface area (Å²) in [5.41, 5.74) is 0. The van der Waals surface area contributed by atoms with Gasteiger partial charge in [-0.05, 0) is 5.92 Å². The molecule has 1 heterocycles. The third kappa shape index (κ3) is 4.40. The molecule has 0 aromatic carbocycles. The first-order chi connectivity index (χ1) is 9.08. The van der Waals surface area contributed by atoms with E-state index in [0.717, 1.165) is 0 Å². The number of nitrogens with zero attached hydrogens (tertiary/aromatic N) is 3. The molecule has 19 heavy (non-hydrogen) atoms. The second-order valence-corrected chi connectivity index (χ2v) is 3.27. The summed E-state index contributed by atoms with van der Waals surface area (Å²) in [5, 5.41) is 3.87. The van der Waals surface area contributed by atoms with E-state index in [1.807, 2.05) is 0 Å². The van der Waals surface area contributed by atoms with Gasteiger partial charge in [-0.2, -0.15) is 4.98 Å². The molecule has 0 bridgehead atoms. The van der Waals surface area contributed by atoms with E-state index in [9.17, 15) is 9.59 Å². The van der Waals surface area contributed by atoms with Gasteiger partial charge in [0, 0.05) is 6.92 Å². The smallest absolute Gasteiger partial charge is 0.375 e. The lowest BCUT2D eigenvalue weighted by Gasteiger charge is -2.06. The maximum Gasteiger partial charge on any atom is 0.375 e. The Hall–Kier alpha value is -2.40. The van der Waals surface area contributed by atoms with E-state index < -0.39 is 11.9 Å². The topological polar surface area (TPSA) is 92.5 Å². The van der Waals surface area contributed by atoms with E-state index in [4.69, 9.17) is 11.2 Å². The van der Waals surface area contributed by atoms with Crippen LogP contribution in [0, 0.1) is 12.3 Å². The molecule has 0 saturated heterocycles. The van der Waals surface area contributed by atoms with Crippen LogP contribution in [0.5, 0.6) is 0 Å². The van der Waals surface area contributed by atoms with Crippen molar-refractivity contribution in [1.82, 2.24) is 14.8 Å². The Balaban J connectivity index is 2.57. The Morgan fingerprint density at radius 2 is 2.16 bits per heavy atom. The van der Waals surface area contributed by atoms with Crippen LogP contribution in [0.2, 0.25) is 0 Å². The van der Waals surface area contributed by atoms with Crippen LogP contribution in [0.4, 0.5) is 0 Å². The standard InChI is InChI=1S/C11H13N3O5/c1-4-9-12-10(11(16)17-3)14(13-9)7-18-5-6-19-8(2)15/h1H,5-7H2,2-3H3. The minimum absolute atomic E-state index is 0.0528. The zero-order valence-corrected chi connectivity index (χ0v) is 10.6. The average Bonchev–Trinajstić information content (AvgIpc) is 2.80. The molecular weight excluding hydrogens is 254 g/mol. The summed E-state index contributed by atoms with van der Waals surface area (Å²) in [6.07, 6.45) is 5.14. The van der Waals surface area contributed by atoms with Crippen molar-refractivity contribution in [3.63, 3.8) is 0 Å². The summed E-state index contributed by atoms with van der Waals surface area (Å²) in [4.78, 5) is 25.7. The number of hydrogen-bond acceptors (Lipinski definition) is 7. The highest BCUT2D eigenvalue weighted by Gasteiger charge is 2.17. The van der Waals surface area contributed by atoms with Crippen molar-refractivity contribution in [3.05, 3.63) is 11.6 Å². The van der Waals surface area contributed by atoms with Crippen molar-refractivity contribution in [2.75, 3.05) is 20.3 Å². The lowest BCUT2D eigenvalue weighted by atomic mass is 10.6. The predicted molar refractivity (Wildman–Crippen MR) is 61.9 cm³/mol. The molecule has 1 rings (SSSR count). The van der Waals surface area contributed by atoms with E-state index in [2.05, 4.69) is 25.5 Å². The first kappa shape index (κ1) is 14.7. The largest absolute Gasteiger partial charge is 0.463 e. The van der Waals surface area contributed by atoms with Gasteiger partial charge in [-0.1, -0.05) is 0 Å². The molecular formula is C11H13N3O5. The predicted octanol–water partition coefficient (Wildman–Crippen LogP) is -0.417. The quantitative estimate of drug-likeness (QED) is 0.392. The van der Waals surface area contributed by atoms with E-state index in [-0.39, 0.29) is 31.6 Å². The van der Waals surface area contributed by atoms with Gasteiger partial charge in [0.25, 0.3) is 0 Å². The highest BCUT2D eigenvalue weighted by atomic mass is 16.6. The van der Waals surface area contributed by atoms with Gasteiger partial charge < -0.3 is 14.2 Å². The molecule has 0 saturated carbocycles. The molecule has 0 fully saturated rings. The van der Waals surface area contributed by atoms with Crippen LogP contribution in [0.25, 0.3) is 0 Å². The second kappa shape index (κ2) is 7.13. The zero-order valence-electron chi connectivity index (χ0n) is 10.6. The molecule has 0 radical (unpaired) electrons. The fourth-order valence-electron chi connectivity index (χ4n) is 1.13. The van der Waals surface area contributed by atoms with Crippen molar-refractivity contribution in [2.45, 2.75) is 13.7 Å². The Kier molecular flexibility index (Phi) is 5.50. The Morgan fingerprint density at radius 3 is 2.74 bits per heavy atom. The fourth-order valence-corrected chi connectivity index (χ4v) is 1.13. The van der Waals surface area contributed by atoms with Crippen molar-refractivity contribution < 1.29 is 23.8 Å². The van der Waals surface area contributed by atoms with Crippen molar-refractivity contribution in [2.24, 2.45) is 0 Å². The molecule has 0 aliphatic rings. The normalized spacial score (nSPS) is 9.74. The SMILES string of the molecule is C#Cc1nc(C(=O)OC)n(COCCOC(C)=O)n1. The Bertz CT molecular complexity index is 503. The third-order valence-electron chi connectivity index (χ3n) is 1.92. The van der Waals surface area contributed by atoms with Crippen molar-refractivity contribution >= 4 is 11.9 Å². The van der Waals surface area contributed by atoms with Gasteiger partial charge in [0.15, 0.2) is 0 Å². The number of aromatic nitrogens is 3. The molecule has 1 aromatic heterocycles. The minimum atomic E-state index is -0.669. The summed E-state index contributed by atoms with van der Waals surface area (Å²) in [7, 11) is 1.22. The molecule has 8 heteroatoms. The number of carbonyl (C=O) groups is 2. The number of carbonyl (C=O) groups excluding carboxylic acids is 2. The molecule has 0 aliphatic heterocycles. The lowest BCUT2D eigenvalue weighted by molar-refractivity contribution is -0.142. The third-order valence-corrected chi connectivity index (χ3v) is 1.92. The van der Waals surface area contributed by atoms with Gasteiger partial charge in [0.2, 0.25) is 11.6 Å². The summed E-state index contributed by atoms with van der Waals surface area (Å²) in [6.45, 7) is 1.51. The molecule has 0 unspecified atom stereocenters. The Labute approximate surface area is 109 Å². The molecule has 102 valence electrons. The summed E-state index contributed by atoms with van der Waals surface area (Å²) in [5.74, 6) is 1.15. The number of ether oxygens (including phenoxy) is 3. The van der Waals surface area contributed by atoms with Crippen LogP contribution in [-0.2, 0) is 25.7 Å². The monoisotopic (exact) mass is 267 g/mol. The number of methoxy groups -OCH3 is 1. The van der Waals surface area contributed by atoms with Crippen LogP contribution < -0.4 is 0 Å². The van der Waals surface area contributed by atoms with Crippen LogP contribution in [0.15, 0.2) is 0 Å². The molecule has 0 aliphatic carbocycles. The van der Waals surface area contributed by atoms with Crippen LogP contribution in [0.3, 0.4) is 0 Å². The van der Waals surface area contributed by atoms with Crippen LogP contribution in [0.1, 0.15) is 23.4 Å². The van der Waals surface area contributed by atoms with Crippen molar-refractivity contribution in [3.8, 4) is 12.3 Å². The van der Waals surface area contributed by atoms with E-state index >= 15 is 0 Å². The van der Waals surface area contributed by atoms with Gasteiger partial charge >= 0.3 is 11.9 Å². The van der Waals surface area contributed by atoms with Gasteiger partial charge in [-0.25, -0.2) is 9.48 Å². The summed E-state index contributed by atoms with van der Waals surface area (Å²) < 4.78 is 15.6. The number of esters is 2. The minimum Gasteiger partial charge on any atom is -0.463 e. The zero-order chi connectivity index (χ0) is 14.3. The van der Waals surface area contributed by atoms with E-state index in [1.165, 1.54) is 18.7 Å². The molecule has 0 amide bonds. The molecule has 0 N–H and O–H groups in total. The van der Waals surface area contributed by atoms with Gasteiger partial charge in [-0.3, -0.25) is 4.79 Å².